The van der Waals surface area contributed by atoms with E-state index >= 15 is 0 Å². The zero-order valence-electron chi connectivity index (χ0n) is 16.0. The lowest BCUT2D eigenvalue weighted by Crippen LogP contribution is -2.49. The van der Waals surface area contributed by atoms with E-state index in [1.807, 2.05) is 17.9 Å². The molecule has 0 bridgehead atoms. The van der Waals surface area contributed by atoms with Crippen molar-refractivity contribution in [3.8, 4) is 0 Å². The van der Waals surface area contributed by atoms with Crippen LogP contribution in [0.15, 0.2) is 6.07 Å². The predicted octanol–water partition coefficient (Wildman–Crippen LogP) is 4.00. The van der Waals surface area contributed by atoms with E-state index in [0.29, 0.717) is 24.7 Å². The summed E-state index contributed by atoms with van der Waals surface area (Å²) in [5.74, 6) is 1.37. The molecule has 1 aromatic heterocycles. The van der Waals surface area contributed by atoms with Crippen LogP contribution in [-0.4, -0.2) is 46.1 Å². The van der Waals surface area contributed by atoms with Crippen LogP contribution in [0.25, 0.3) is 0 Å². The second-order valence-electron chi connectivity index (χ2n) is 8.53. The molecule has 1 N–H and O–H groups in total. The number of carbonyl (C=O) groups excluding carboxylic acids is 1. The maximum atomic E-state index is 13.6. The second kappa shape index (κ2) is 7.76. The lowest BCUT2D eigenvalue weighted by atomic mass is 9.84. The highest BCUT2D eigenvalue weighted by molar-refractivity contribution is 5.79. The number of amides is 1. The van der Waals surface area contributed by atoms with E-state index in [-0.39, 0.29) is 17.9 Å². The van der Waals surface area contributed by atoms with Crippen LogP contribution in [0, 0.1) is 18.8 Å². The molecule has 1 amide bonds. The largest absolute Gasteiger partial charge is 0.367 e. The van der Waals surface area contributed by atoms with Crippen molar-refractivity contribution in [1.29, 1.82) is 0 Å². The van der Waals surface area contributed by atoms with Crippen molar-refractivity contribution >= 4 is 11.7 Å². The maximum absolute atomic E-state index is 13.6. The lowest BCUT2D eigenvalue weighted by molar-refractivity contribution is -0.138. The first kappa shape index (κ1) is 18.7. The van der Waals surface area contributed by atoms with Gasteiger partial charge in [0.25, 0.3) is 6.43 Å². The molecule has 4 rings (SSSR count). The first-order valence-electron chi connectivity index (χ1n) is 10.4. The van der Waals surface area contributed by atoms with Crippen LogP contribution in [0.3, 0.4) is 0 Å². The highest BCUT2D eigenvalue weighted by Crippen LogP contribution is 2.37. The number of alkyl halides is 2. The second-order valence-corrected chi connectivity index (χ2v) is 8.53. The number of halogens is 2. The zero-order valence-corrected chi connectivity index (χ0v) is 16.0. The average Bonchev–Trinajstić information content (AvgIpc) is 3.07. The van der Waals surface area contributed by atoms with Crippen LogP contribution in [-0.2, 0) is 4.79 Å². The quantitative estimate of drug-likeness (QED) is 0.862. The van der Waals surface area contributed by atoms with Gasteiger partial charge in [-0.15, -0.1) is 0 Å². The van der Waals surface area contributed by atoms with Gasteiger partial charge in [-0.05, 0) is 44.9 Å². The van der Waals surface area contributed by atoms with Crippen LogP contribution in [0.5, 0.6) is 0 Å². The van der Waals surface area contributed by atoms with Crippen molar-refractivity contribution < 1.29 is 13.6 Å². The van der Waals surface area contributed by atoms with Gasteiger partial charge < -0.3 is 10.2 Å². The molecule has 3 atom stereocenters. The minimum Gasteiger partial charge on any atom is -0.367 e. The van der Waals surface area contributed by atoms with Gasteiger partial charge in [0.05, 0.1) is 5.69 Å². The summed E-state index contributed by atoms with van der Waals surface area (Å²) in [5.41, 5.74) is 0.751. The van der Waals surface area contributed by atoms with E-state index in [4.69, 9.17) is 0 Å². The monoisotopic (exact) mass is 380 g/mol. The molecule has 1 aromatic rings. The molecular formula is C20H30F2N4O. The van der Waals surface area contributed by atoms with Crippen molar-refractivity contribution in [3.05, 3.63) is 11.8 Å². The Morgan fingerprint density at radius 2 is 2.00 bits per heavy atom. The third kappa shape index (κ3) is 3.83. The molecule has 7 heteroatoms. The summed E-state index contributed by atoms with van der Waals surface area (Å²) in [6.45, 7) is 3.33. The van der Waals surface area contributed by atoms with E-state index < -0.39 is 12.5 Å². The van der Waals surface area contributed by atoms with Gasteiger partial charge in [-0.1, -0.05) is 19.3 Å². The fraction of sp³-hybridized carbons (Fsp3) is 0.800. The zero-order chi connectivity index (χ0) is 19.0. The average molecular weight is 380 g/mol. The van der Waals surface area contributed by atoms with E-state index in [2.05, 4.69) is 10.4 Å². The highest BCUT2D eigenvalue weighted by Gasteiger charge is 2.39. The molecular weight excluding hydrogens is 350 g/mol. The minimum atomic E-state index is -2.43. The normalized spacial score (nSPS) is 29.5. The van der Waals surface area contributed by atoms with E-state index in [1.54, 1.807) is 0 Å². The number of fused-ring (bicyclic) bond motifs is 1. The van der Waals surface area contributed by atoms with Crippen molar-refractivity contribution in [2.75, 3.05) is 18.4 Å². The first-order chi connectivity index (χ1) is 13.0. The summed E-state index contributed by atoms with van der Waals surface area (Å²) in [6, 6.07) is 0.925. The number of hydrogen-bond acceptors (Lipinski definition) is 3. The van der Waals surface area contributed by atoms with Crippen LogP contribution >= 0.6 is 0 Å². The number of likely N-dealkylation sites (tertiary alicyclic amines) is 1. The molecule has 0 spiro atoms. The number of anilines is 1. The van der Waals surface area contributed by atoms with Crippen molar-refractivity contribution in [2.45, 2.75) is 76.8 Å². The Labute approximate surface area is 159 Å². The van der Waals surface area contributed by atoms with Gasteiger partial charge in [0.1, 0.15) is 11.9 Å². The summed E-state index contributed by atoms with van der Waals surface area (Å²) in [5, 5.41) is 7.69. The fourth-order valence-electron chi connectivity index (χ4n) is 5.15. The third-order valence-corrected chi connectivity index (χ3v) is 6.58. The van der Waals surface area contributed by atoms with Gasteiger partial charge in [-0.3, -0.25) is 4.79 Å². The van der Waals surface area contributed by atoms with Crippen LogP contribution in [0.2, 0.25) is 0 Å². The standard InChI is InChI=1S/C20H30F2N4O/c1-13-10-18-23-16(11-17(19(21)22)26(18)24-13)15-8-5-9-25(12-15)20(27)14-6-3-2-4-7-14/h10,14-17,19,23H,2-9,11-12H2,1H3/t15-,16+,17-/m1/s1. The van der Waals surface area contributed by atoms with Crippen molar-refractivity contribution in [1.82, 2.24) is 14.7 Å². The summed E-state index contributed by atoms with van der Waals surface area (Å²) >= 11 is 0. The Balaban J connectivity index is 1.46. The Bertz CT molecular complexity index is 671. The molecule has 2 fully saturated rings. The molecule has 0 aromatic carbocycles. The van der Waals surface area contributed by atoms with E-state index in [1.165, 1.54) is 11.1 Å². The van der Waals surface area contributed by atoms with Gasteiger partial charge in [-0.2, -0.15) is 5.10 Å². The molecule has 27 heavy (non-hydrogen) atoms. The fourth-order valence-corrected chi connectivity index (χ4v) is 5.15. The van der Waals surface area contributed by atoms with Gasteiger partial charge in [0, 0.05) is 31.1 Å². The van der Waals surface area contributed by atoms with Crippen LogP contribution in [0.1, 0.15) is 63.1 Å². The summed E-state index contributed by atoms with van der Waals surface area (Å²) in [6.07, 6.45) is 5.42. The Kier molecular flexibility index (Phi) is 5.37. The van der Waals surface area contributed by atoms with Crippen molar-refractivity contribution in [3.63, 3.8) is 0 Å². The smallest absolute Gasteiger partial charge is 0.260 e. The number of aromatic nitrogens is 2. The molecule has 150 valence electrons. The summed E-state index contributed by atoms with van der Waals surface area (Å²) in [7, 11) is 0. The molecule has 3 heterocycles. The molecule has 1 saturated heterocycles. The van der Waals surface area contributed by atoms with Crippen molar-refractivity contribution in [2.24, 2.45) is 11.8 Å². The van der Waals surface area contributed by atoms with Crippen LogP contribution < -0.4 is 5.32 Å². The molecule has 1 aliphatic carbocycles. The van der Waals surface area contributed by atoms with E-state index in [0.717, 1.165) is 50.8 Å². The Morgan fingerprint density at radius 1 is 1.22 bits per heavy atom. The molecule has 0 radical (unpaired) electrons. The number of aryl methyl sites for hydroxylation is 1. The Hall–Kier alpha value is -1.66. The molecule has 1 saturated carbocycles. The molecule has 5 nitrogen and oxygen atoms in total. The van der Waals surface area contributed by atoms with Gasteiger partial charge >= 0.3 is 0 Å². The number of hydrogen-bond donors (Lipinski definition) is 1. The number of nitrogens with zero attached hydrogens (tertiary/aromatic N) is 3. The number of carbonyl (C=O) groups is 1. The topological polar surface area (TPSA) is 50.2 Å². The van der Waals surface area contributed by atoms with E-state index in [9.17, 15) is 13.6 Å². The third-order valence-electron chi connectivity index (χ3n) is 6.58. The first-order valence-corrected chi connectivity index (χ1v) is 10.4. The maximum Gasteiger partial charge on any atom is 0.260 e. The molecule has 0 unspecified atom stereocenters. The minimum absolute atomic E-state index is 0.0328. The SMILES string of the molecule is Cc1cc2n(n1)[C@@H](C(F)F)C[C@@H]([C@@H]1CCCN(C(=O)C3CCCCC3)C1)N2. The summed E-state index contributed by atoms with van der Waals surface area (Å²) in [4.78, 5) is 14.9. The number of rotatable bonds is 3. The van der Waals surface area contributed by atoms with Gasteiger partial charge in [0.15, 0.2) is 0 Å². The number of nitrogens with one attached hydrogen (secondary N) is 1. The highest BCUT2D eigenvalue weighted by atomic mass is 19.3. The lowest BCUT2D eigenvalue weighted by Gasteiger charge is -2.42. The predicted molar refractivity (Wildman–Crippen MR) is 99.9 cm³/mol. The molecule has 3 aliphatic rings. The van der Waals surface area contributed by atoms with Crippen LogP contribution in [0.4, 0.5) is 14.6 Å². The Morgan fingerprint density at radius 3 is 2.74 bits per heavy atom. The van der Waals surface area contributed by atoms with Gasteiger partial charge in [-0.25, -0.2) is 13.5 Å². The molecule has 2 aliphatic heterocycles. The van der Waals surface area contributed by atoms with Gasteiger partial charge in [0.2, 0.25) is 5.91 Å². The number of piperidine rings is 1. The summed E-state index contributed by atoms with van der Waals surface area (Å²) < 4.78 is 28.7.